The number of benzene rings is 2. The van der Waals surface area contributed by atoms with Crippen LogP contribution >= 0.6 is 7.29 Å². The number of hydrogen-bond donors (Lipinski definition) is 0. The molecule has 2 aromatic rings. The van der Waals surface area contributed by atoms with E-state index in [1.807, 2.05) is 60.7 Å². The fourth-order valence-electron chi connectivity index (χ4n) is 3.35. The summed E-state index contributed by atoms with van der Waals surface area (Å²) in [4.78, 5) is 0. The molecule has 0 radical (unpaired) electrons. The van der Waals surface area contributed by atoms with E-state index in [1.165, 1.54) is 32.1 Å². The highest BCUT2D eigenvalue weighted by molar-refractivity contribution is 7.77. The molecule has 0 heterocycles. The van der Waals surface area contributed by atoms with Gasteiger partial charge in [-0.15, -0.1) is 0 Å². The van der Waals surface area contributed by atoms with Crippen molar-refractivity contribution < 1.29 is 4.57 Å². The molecule has 1 aliphatic rings. The van der Waals surface area contributed by atoms with Crippen LogP contribution < -0.4 is 10.6 Å². The highest BCUT2D eigenvalue weighted by atomic mass is 31.2. The fourth-order valence-corrected chi connectivity index (χ4v) is 5.64. The summed E-state index contributed by atoms with van der Waals surface area (Å²) in [6.45, 7) is 2.06. The summed E-state index contributed by atoms with van der Waals surface area (Å²) in [5.74, 6) is 0.490. The van der Waals surface area contributed by atoms with Gasteiger partial charge in [-0.3, -0.25) is 4.57 Å². The molecule has 0 saturated heterocycles. The summed E-state index contributed by atoms with van der Waals surface area (Å²) < 4.78 is 18.7. The maximum atomic E-state index is 13.9. The lowest BCUT2D eigenvalue weighted by atomic mass is 9.86. The average Bonchev–Trinajstić information content (AvgIpc) is 2.64. The zero-order valence-electron chi connectivity index (χ0n) is 13.7. The Morgan fingerprint density at radius 2 is 1.35 bits per heavy atom. The molecule has 2 aromatic carbocycles. The molecule has 3 heteroatoms. The van der Waals surface area contributed by atoms with Crippen LogP contribution in [-0.2, 0) is 4.57 Å². The predicted molar refractivity (Wildman–Crippen MR) is 99.4 cm³/mol. The smallest absolute Gasteiger partial charge is 0.247 e. The third kappa shape index (κ3) is 3.64. The van der Waals surface area contributed by atoms with Gasteiger partial charge in [-0.25, -0.2) is 4.76 Å². The van der Waals surface area contributed by atoms with Gasteiger partial charge < -0.3 is 0 Å². The Morgan fingerprint density at radius 1 is 0.870 bits per heavy atom. The summed E-state index contributed by atoms with van der Waals surface area (Å²) >= 11 is 0. The van der Waals surface area contributed by atoms with E-state index in [1.54, 1.807) is 0 Å². The molecule has 0 amide bonds. The van der Waals surface area contributed by atoms with Gasteiger partial charge in [-0.05, 0) is 49.9 Å². The van der Waals surface area contributed by atoms with E-state index in [2.05, 4.69) is 6.92 Å². The summed E-state index contributed by atoms with van der Waals surface area (Å²) in [7, 11) is -2.96. The molecule has 1 fully saturated rings. The molecule has 0 aromatic heterocycles. The van der Waals surface area contributed by atoms with Crippen molar-refractivity contribution >= 4 is 23.6 Å². The van der Waals surface area contributed by atoms with E-state index in [9.17, 15) is 4.57 Å². The first-order valence-electron chi connectivity index (χ1n) is 8.48. The van der Waals surface area contributed by atoms with E-state index in [0.29, 0.717) is 5.92 Å². The Morgan fingerprint density at radius 3 is 1.83 bits per heavy atom. The van der Waals surface area contributed by atoms with Crippen LogP contribution in [0.2, 0.25) is 0 Å². The minimum Gasteiger partial charge on any atom is -0.288 e. The van der Waals surface area contributed by atoms with Gasteiger partial charge in [0.1, 0.15) is 0 Å². The maximum Gasteiger partial charge on any atom is 0.247 e. The molecular formula is C20H24NOP. The van der Waals surface area contributed by atoms with Gasteiger partial charge in [0.05, 0.1) is 0 Å². The van der Waals surface area contributed by atoms with E-state index < -0.39 is 7.29 Å². The molecule has 1 saturated carbocycles. The quantitative estimate of drug-likeness (QED) is 0.577. The van der Waals surface area contributed by atoms with Crippen LogP contribution in [0, 0.1) is 5.92 Å². The van der Waals surface area contributed by atoms with Crippen molar-refractivity contribution in [2.75, 3.05) is 0 Å². The van der Waals surface area contributed by atoms with E-state index in [0.717, 1.165) is 16.3 Å². The van der Waals surface area contributed by atoms with Gasteiger partial charge in [0.15, 0.2) is 0 Å². The van der Waals surface area contributed by atoms with E-state index in [-0.39, 0.29) is 0 Å². The van der Waals surface area contributed by atoms with Gasteiger partial charge in [0.25, 0.3) is 0 Å². The second-order valence-electron chi connectivity index (χ2n) is 6.32. The molecule has 23 heavy (non-hydrogen) atoms. The Balaban J connectivity index is 2.04. The molecule has 0 spiro atoms. The molecule has 0 unspecified atom stereocenters. The van der Waals surface area contributed by atoms with Crippen molar-refractivity contribution in [2.24, 2.45) is 10.7 Å². The maximum absolute atomic E-state index is 13.9. The van der Waals surface area contributed by atoms with Crippen LogP contribution in [0.1, 0.15) is 39.0 Å². The summed E-state index contributed by atoms with van der Waals surface area (Å²) in [5.41, 5.74) is 1.06. The average molecular weight is 325 g/mol. The zero-order valence-corrected chi connectivity index (χ0v) is 14.6. The van der Waals surface area contributed by atoms with E-state index >= 15 is 0 Å². The standard InChI is InChI=1S/C20H24NOP/c1-17(18-11-5-2-6-12-18)21-23(22,19-13-7-3-8-14-19)20-15-9-4-10-16-20/h3-4,7-10,13-16,18H,2,5-6,11-12H2,1H3/b21-17+. The Kier molecular flexibility index (Phi) is 5.13. The fraction of sp³-hybridized carbons (Fsp3) is 0.350. The van der Waals surface area contributed by atoms with Crippen LogP contribution in [0.4, 0.5) is 0 Å². The third-order valence-corrected chi connectivity index (χ3v) is 7.30. The Hall–Kier alpha value is -1.66. The lowest BCUT2D eigenvalue weighted by molar-refractivity contribution is 0.438. The van der Waals surface area contributed by atoms with Crippen molar-refractivity contribution in [3.63, 3.8) is 0 Å². The first kappa shape index (κ1) is 16.2. The van der Waals surface area contributed by atoms with Crippen molar-refractivity contribution in [2.45, 2.75) is 39.0 Å². The van der Waals surface area contributed by atoms with Crippen LogP contribution in [0.25, 0.3) is 0 Å². The second kappa shape index (κ2) is 7.27. The minimum atomic E-state index is -2.96. The van der Waals surface area contributed by atoms with Crippen molar-refractivity contribution in [3.05, 3.63) is 60.7 Å². The summed E-state index contributed by atoms with van der Waals surface area (Å²) in [6.07, 6.45) is 6.20. The summed E-state index contributed by atoms with van der Waals surface area (Å²) in [6, 6.07) is 19.4. The third-order valence-electron chi connectivity index (χ3n) is 4.71. The van der Waals surface area contributed by atoms with Crippen LogP contribution in [0.3, 0.4) is 0 Å². The lowest BCUT2D eigenvalue weighted by Crippen LogP contribution is -2.19. The molecular weight excluding hydrogens is 301 g/mol. The molecule has 2 nitrogen and oxygen atoms in total. The molecule has 0 bridgehead atoms. The largest absolute Gasteiger partial charge is 0.288 e. The van der Waals surface area contributed by atoms with Gasteiger partial charge in [-0.2, -0.15) is 0 Å². The molecule has 1 aliphatic carbocycles. The van der Waals surface area contributed by atoms with Crippen LogP contribution in [-0.4, -0.2) is 5.71 Å². The first-order chi connectivity index (χ1) is 11.2. The second-order valence-corrected chi connectivity index (χ2v) is 8.71. The lowest BCUT2D eigenvalue weighted by Gasteiger charge is -2.23. The number of rotatable bonds is 4. The topological polar surface area (TPSA) is 29.4 Å². The van der Waals surface area contributed by atoms with Gasteiger partial charge >= 0.3 is 0 Å². The Labute approximate surface area is 139 Å². The zero-order chi connectivity index (χ0) is 16.1. The van der Waals surface area contributed by atoms with Gasteiger partial charge in [-0.1, -0.05) is 55.7 Å². The Bertz CT molecular complexity index is 659. The van der Waals surface area contributed by atoms with Gasteiger partial charge in [0, 0.05) is 16.3 Å². The van der Waals surface area contributed by atoms with Crippen LogP contribution in [0.5, 0.6) is 0 Å². The van der Waals surface area contributed by atoms with E-state index in [4.69, 9.17) is 4.76 Å². The molecule has 3 rings (SSSR count). The molecule has 120 valence electrons. The molecule has 0 N–H and O–H groups in total. The van der Waals surface area contributed by atoms with Crippen molar-refractivity contribution in [1.82, 2.24) is 0 Å². The first-order valence-corrected chi connectivity index (χ1v) is 10.1. The number of hydrogen-bond acceptors (Lipinski definition) is 1. The predicted octanol–water partition coefficient (Wildman–Crippen LogP) is 4.96. The molecule has 0 atom stereocenters. The minimum absolute atomic E-state index is 0.490. The van der Waals surface area contributed by atoms with Crippen molar-refractivity contribution in [1.29, 1.82) is 0 Å². The monoisotopic (exact) mass is 325 g/mol. The number of nitrogens with zero attached hydrogens (tertiary/aromatic N) is 1. The summed E-state index contributed by atoms with van der Waals surface area (Å²) in [5, 5.41) is 1.64. The van der Waals surface area contributed by atoms with Crippen molar-refractivity contribution in [3.8, 4) is 0 Å². The normalized spacial score (nSPS) is 17.2. The van der Waals surface area contributed by atoms with Crippen LogP contribution in [0.15, 0.2) is 65.4 Å². The highest BCUT2D eigenvalue weighted by Crippen LogP contribution is 2.46. The molecule has 0 aliphatic heterocycles. The SMILES string of the molecule is C/C(=N\P(=O)(c1ccccc1)c1ccccc1)C1CCCCC1. The van der Waals surface area contributed by atoms with Gasteiger partial charge in [0.2, 0.25) is 7.29 Å². The highest BCUT2D eigenvalue weighted by Gasteiger charge is 2.28.